The summed E-state index contributed by atoms with van der Waals surface area (Å²) in [6, 6.07) is 20.9. The van der Waals surface area contributed by atoms with Crippen molar-refractivity contribution in [2.24, 2.45) is 0 Å². The van der Waals surface area contributed by atoms with Crippen LogP contribution in [0.2, 0.25) is 0 Å². The molecule has 0 radical (unpaired) electrons. The Morgan fingerprint density at radius 1 is 0.951 bits per heavy atom. The smallest absolute Gasteiger partial charge is 0.337 e. The van der Waals surface area contributed by atoms with Crippen molar-refractivity contribution in [3.05, 3.63) is 107 Å². The zero-order valence-electron chi connectivity index (χ0n) is 23.0. The number of benzene rings is 3. The molecule has 41 heavy (non-hydrogen) atoms. The fourth-order valence-electron chi connectivity index (χ4n) is 3.99. The summed E-state index contributed by atoms with van der Waals surface area (Å²) < 4.78 is 33.8. The van der Waals surface area contributed by atoms with Crippen LogP contribution in [0.1, 0.15) is 51.7 Å². The largest absolute Gasteiger partial charge is 0.494 e. The van der Waals surface area contributed by atoms with Crippen molar-refractivity contribution in [2.45, 2.75) is 31.6 Å². The van der Waals surface area contributed by atoms with Gasteiger partial charge in [0.15, 0.2) is 0 Å². The minimum atomic E-state index is -4.11. The Morgan fingerprint density at radius 3 is 2.24 bits per heavy atom. The molecule has 0 spiro atoms. The van der Waals surface area contributed by atoms with Gasteiger partial charge in [0, 0.05) is 18.3 Å². The first kappa shape index (κ1) is 29.3. The quantitative estimate of drug-likeness (QED) is 0.155. The molecule has 3 aromatic carbocycles. The molecule has 0 amide bonds. The number of aromatic nitrogens is 1. The van der Waals surface area contributed by atoms with Crippen LogP contribution in [0.15, 0.2) is 90.0 Å². The minimum absolute atomic E-state index is 0.0586. The second kappa shape index (κ2) is 12.6. The highest BCUT2D eigenvalue weighted by Crippen LogP contribution is 2.26. The van der Waals surface area contributed by atoms with Gasteiger partial charge >= 0.3 is 5.97 Å². The van der Waals surface area contributed by atoms with E-state index in [2.05, 4.69) is 9.71 Å². The first-order valence-electron chi connectivity index (χ1n) is 13.0. The highest BCUT2D eigenvalue weighted by molar-refractivity contribution is 7.92. The maximum Gasteiger partial charge on any atom is 0.337 e. The van der Waals surface area contributed by atoms with Crippen molar-refractivity contribution in [3.63, 3.8) is 0 Å². The Hall–Kier alpha value is -4.70. The molecule has 10 heteroatoms. The van der Waals surface area contributed by atoms with E-state index in [0.717, 1.165) is 35.8 Å². The van der Waals surface area contributed by atoms with Crippen LogP contribution in [-0.4, -0.2) is 43.9 Å². The number of pyridine rings is 1. The van der Waals surface area contributed by atoms with Crippen LogP contribution in [-0.2, 0) is 10.0 Å². The molecule has 1 aromatic heterocycles. The van der Waals surface area contributed by atoms with Crippen LogP contribution in [0, 0.1) is 6.92 Å². The molecule has 2 N–H and O–H groups in total. The molecule has 0 aliphatic rings. The third-order valence-electron chi connectivity index (χ3n) is 6.45. The van der Waals surface area contributed by atoms with Gasteiger partial charge in [-0.1, -0.05) is 31.0 Å². The zero-order chi connectivity index (χ0) is 29.6. The Kier molecular flexibility index (Phi) is 9.04. The van der Waals surface area contributed by atoms with E-state index in [-0.39, 0.29) is 27.4 Å². The van der Waals surface area contributed by atoms with Crippen molar-refractivity contribution >= 4 is 38.8 Å². The van der Waals surface area contributed by atoms with Crippen LogP contribution in [0.4, 0.5) is 17.1 Å². The molecule has 4 aromatic rings. The monoisotopic (exact) mass is 573 g/mol. The lowest BCUT2D eigenvalue weighted by molar-refractivity contribution is 0.0698. The second-order valence-corrected chi connectivity index (χ2v) is 11.2. The Bertz CT molecular complexity index is 1640. The van der Waals surface area contributed by atoms with E-state index < -0.39 is 21.8 Å². The van der Waals surface area contributed by atoms with Crippen molar-refractivity contribution in [2.75, 3.05) is 23.3 Å². The predicted molar refractivity (Wildman–Crippen MR) is 158 cm³/mol. The first-order chi connectivity index (χ1) is 19.6. The van der Waals surface area contributed by atoms with Gasteiger partial charge in [0.1, 0.15) is 11.4 Å². The Balaban J connectivity index is 1.52. The minimum Gasteiger partial charge on any atom is -0.494 e. The van der Waals surface area contributed by atoms with Gasteiger partial charge in [-0.3, -0.25) is 14.5 Å². The third kappa shape index (κ3) is 7.09. The number of hydrogen-bond acceptors (Lipinski definition) is 7. The van der Waals surface area contributed by atoms with E-state index in [0.29, 0.717) is 12.4 Å². The highest BCUT2D eigenvalue weighted by Gasteiger charge is 2.21. The fourth-order valence-corrected chi connectivity index (χ4v) is 5.07. The SMILES string of the molecule is CCCCOc1ccc(S(=O)(=O)Nc2ccc(C(=O)c3ccc(N(C)c4ccc(C)cc4)cn3)cc2C(=O)O)cc1. The lowest BCUT2D eigenvalue weighted by Gasteiger charge is -2.19. The van der Waals surface area contributed by atoms with Crippen LogP contribution in [0.5, 0.6) is 5.75 Å². The van der Waals surface area contributed by atoms with Gasteiger partial charge in [0.2, 0.25) is 5.78 Å². The van der Waals surface area contributed by atoms with E-state index in [4.69, 9.17) is 4.74 Å². The molecule has 0 unspecified atom stereocenters. The molecule has 0 atom stereocenters. The zero-order valence-corrected chi connectivity index (χ0v) is 23.8. The van der Waals surface area contributed by atoms with Crippen molar-refractivity contribution < 1.29 is 27.9 Å². The molecule has 0 aliphatic carbocycles. The second-order valence-electron chi connectivity index (χ2n) is 9.47. The van der Waals surface area contributed by atoms with Gasteiger partial charge in [-0.2, -0.15) is 0 Å². The summed E-state index contributed by atoms with van der Waals surface area (Å²) in [6.45, 7) is 4.57. The number of carboxylic acid groups (broad SMARTS) is 1. The van der Waals surface area contributed by atoms with Gasteiger partial charge in [0.05, 0.1) is 34.6 Å². The molecule has 1 heterocycles. The molecular weight excluding hydrogens is 542 g/mol. The number of sulfonamides is 1. The average molecular weight is 574 g/mol. The van der Waals surface area contributed by atoms with Crippen LogP contribution in [0.3, 0.4) is 0 Å². The van der Waals surface area contributed by atoms with Crippen LogP contribution in [0.25, 0.3) is 0 Å². The van der Waals surface area contributed by atoms with E-state index in [9.17, 15) is 23.1 Å². The number of nitrogens with one attached hydrogen (secondary N) is 1. The maximum absolute atomic E-state index is 13.1. The number of anilines is 3. The van der Waals surface area contributed by atoms with Gasteiger partial charge in [-0.25, -0.2) is 13.2 Å². The molecule has 0 bridgehead atoms. The molecule has 4 rings (SSSR count). The number of ether oxygens (including phenoxy) is 1. The maximum atomic E-state index is 13.1. The normalized spacial score (nSPS) is 11.1. The molecular formula is C31H31N3O6S. The predicted octanol–water partition coefficient (Wildman–Crippen LogP) is 6.07. The summed E-state index contributed by atoms with van der Waals surface area (Å²) in [5.41, 5.74) is 2.51. The summed E-state index contributed by atoms with van der Waals surface area (Å²) in [5.74, 6) is -1.35. The summed E-state index contributed by atoms with van der Waals surface area (Å²) in [6.07, 6.45) is 3.42. The number of carbonyl (C=O) groups is 2. The summed E-state index contributed by atoms with van der Waals surface area (Å²) >= 11 is 0. The third-order valence-corrected chi connectivity index (χ3v) is 7.83. The van der Waals surface area contributed by atoms with Gasteiger partial charge in [-0.15, -0.1) is 0 Å². The van der Waals surface area contributed by atoms with E-state index >= 15 is 0 Å². The van der Waals surface area contributed by atoms with E-state index in [1.165, 1.54) is 24.3 Å². The van der Waals surface area contributed by atoms with Crippen molar-refractivity contribution in [1.82, 2.24) is 4.98 Å². The van der Waals surface area contributed by atoms with Crippen LogP contribution >= 0.6 is 0 Å². The standard InChI is InChI=1S/C31H31N3O6S/c1-4-5-18-40-25-12-14-26(15-13-25)41(38,39)33-28-16-8-22(19-27(28)31(36)37)30(35)29-17-11-24(20-32-29)34(3)23-9-6-21(2)7-10-23/h6-17,19-20,33H,4-5,18H2,1-3H3,(H,36,37). The molecule has 0 aliphatic heterocycles. The van der Waals surface area contributed by atoms with E-state index in [1.54, 1.807) is 30.5 Å². The van der Waals surface area contributed by atoms with Gasteiger partial charge < -0.3 is 14.7 Å². The molecule has 0 fully saturated rings. The average Bonchev–Trinajstić information content (AvgIpc) is 2.97. The summed E-state index contributed by atoms with van der Waals surface area (Å²) in [4.78, 5) is 31.3. The molecule has 0 saturated heterocycles. The molecule has 212 valence electrons. The summed E-state index contributed by atoms with van der Waals surface area (Å²) in [5, 5.41) is 9.79. The van der Waals surface area contributed by atoms with E-state index in [1.807, 2.05) is 50.1 Å². The lowest BCUT2D eigenvalue weighted by Crippen LogP contribution is -2.16. The number of ketones is 1. The number of aryl methyl sites for hydroxylation is 1. The summed E-state index contributed by atoms with van der Waals surface area (Å²) in [7, 11) is -2.22. The van der Waals surface area contributed by atoms with Crippen molar-refractivity contribution in [1.29, 1.82) is 0 Å². The van der Waals surface area contributed by atoms with Gasteiger partial charge in [0.25, 0.3) is 10.0 Å². The number of aromatic carboxylic acids is 1. The number of nitrogens with zero attached hydrogens (tertiary/aromatic N) is 2. The number of unbranched alkanes of at least 4 members (excludes halogenated alkanes) is 1. The molecule has 0 saturated carbocycles. The highest BCUT2D eigenvalue weighted by atomic mass is 32.2. The van der Waals surface area contributed by atoms with Crippen molar-refractivity contribution in [3.8, 4) is 5.75 Å². The topological polar surface area (TPSA) is 126 Å². The number of carbonyl (C=O) groups excluding carboxylic acids is 1. The Labute approximate surface area is 239 Å². The van der Waals surface area contributed by atoms with Gasteiger partial charge in [-0.05, 0) is 80.1 Å². The lowest BCUT2D eigenvalue weighted by atomic mass is 10.0. The number of rotatable bonds is 12. The first-order valence-corrected chi connectivity index (χ1v) is 14.5. The van der Waals surface area contributed by atoms with Crippen LogP contribution < -0.4 is 14.4 Å². The number of carboxylic acids is 1. The molecule has 9 nitrogen and oxygen atoms in total. The number of hydrogen-bond donors (Lipinski definition) is 2. The Morgan fingerprint density at radius 2 is 1.63 bits per heavy atom. The fraction of sp³-hybridized carbons (Fsp3) is 0.194.